The predicted octanol–water partition coefficient (Wildman–Crippen LogP) is 0.712. The van der Waals surface area contributed by atoms with Gasteiger partial charge in [-0.05, 0) is 17.7 Å². The minimum absolute atomic E-state index is 0.0474. The maximum Gasteiger partial charge on any atom is 0.307 e. The molecule has 0 aliphatic heterocycles. The zero-order valence-corrected chi connectivity index (χ0v) is 11.5. The highest BCUT2D eigenvalue weighted by molar-refractivity contribution is 7.89. The Labute approximate surface area is 110 Å². The number of nitrogens with zero attached hydrogens (tertiary/aromatic N) is 1. The smallest absolute Gasteiger partial charge is 0.307 e. The number of ether oxygens (including phenoxy) is 1. The Bertz CT molecular complexity index is 597. The SMILES string of the molecule is COc1c(F)cc(CC(=O)O)cc1S(=O)(=O)N(C)C. The van der Waals surface area contributed by atoms with Crippen molar-refractivity contribution in [3.8, 4) is 5.75 Å². The summed E-state index contributed by atoms with van der Waals surface area (Å²) in [5.41, 5.74) is 0.0474. The van der Waals surface area contributed by atoms with Gasteiger partial charge in [-0.25, -0.2) is 17.1 Å². The molecule has 8 heteroatoms. The van der Waals surface area contributed by atoms with Crippen LogP contribution in [0.25, 0.3) is 0 Å². The van der Waals surface area contributed by atoms with Crippen molar-refractivity contribution in [1.29, 1.82) is 0 Å². The van der Waals surface area contributed by atoms with Gasteiger partial charge in [0.05, 0.1) is 13.5 Å². The number of hydrogen-bond donors (Lipinski definition) is 1. The van der Waals surface area contributed by atoms with E-state index >= 15 is 0 Å². The number of benzene rings is 1. The van der Waals surface area contributed by atoms with E-state index in [1.807, 2.05) is 0 Å². The molecule has 0 amide bonds. The van der Waals surface area contributed by atoms with Crippen LogP contribution in [-0.2, 0) is 21.2 Å². The Morgan fingerprint density at radius 3 is 2.42 bits per heavy atom. The average molecular weight is 291 g/mol. The number of rotatable bonds is 5. The Morgan fingerprint density at radius 2 is 2.00 bits per heavy atom. The molecule has 1 N–H and O–H groups in total. The molecule has 0 heterocycles. The fraction of sp³-hybridized carbons (Fsp3) is 0.364. The van der Waals surface area contributed by atoms with Crippen molar-refractivity contribution >= 4 is 16.0 Å². The number of carbonyl (C=O) groups is 1. The summed E-state index contributed by atoms with van der Waals surface area (Å²) >= 11 is 0. The highest BCUT2D eigenvalue weighted by Gasteiger charge is 2.26. The van der Waals surface area contributed by atoms with Crippen LogP contribution in [0.5, 0.6) is 5.75 Å². The quantitative estimate of drug-likeness (QED) is 0.864. The molecule has 0 aliphatic carbocycles. The van der Waals surface area contributed by atoms with Gasteiger partial charge in [0.1, 0.15) is 4.90 Å². The molecule has 0 atom stereocenters. The van der Waals surface area contributed by atoms with Crippen LogP contribution in [0.1, 0.15) is 5.56 Å². The summed E-state index contributed by atoms with van der Waals surface area (Å²) < 4.78 is 43.5. The van der Waals surface area contributed by atoms with E-state index in [1.54, 1.807) is 0 Å². The number of halogens is 1. The Kier molecular flexibility index (Phi) is 4.48. The first-order chi connectivity index (χ1) is 8.70. The van der Waals surface area contributed by atoms with Gasteiger partial charge in [0.2, 0.25) is 10.0 Å². The molecule has 1 aromatic rings. The van der Waals surface area contributed by atoms with Crippen LogP contribution in [0.15, 0.2) is 17.0 Å². The summed E-state index contributed by atoms with van der Waals surface area (Å²) in [6, 6.07) is 2.05. The zero-order valence-electron chi connectivity index (χ0n) is 10.7. The molecule has 0 saturated heterocycles. The number of sulfonamides is 1. The van der Waals surface area contributed by atoms with Crippen molar-refractivity contribution < 1.29 is 27.4 Å². The monoisotopic (exact) mass is 291 g/mol. The maximum absolute atomic E-state index is 13.8. The van der Waals surface area contributed by atoms with E-state index in [1.165, 1.54) is 14.1 Å². The first-order valence-corrected chi connectivity index (χ1v) is 6.65. The Balaban J connectivity index is 3.52. The largest absolute Gasteiger partial charge is 0.492 e. The molecule has 0 bridgehead atoms. The summed E-state index contributed by atoms with van der Waals surface area (Å²) in [5.74, 6) is -2.53. The van der Waals surface area contributed by atoms with Crippen LogP contribution in [0, 0.1) is 5.82 Å². The van der Waals surface area contributed by atoms with E-state index in [-0.39, 0.29) is 5.56 Å². The molecule has 19 heavy (non-hydrogen) atoms. The van der Waals surface area contributed by atoms with Gasteiger partial charge in [0.15, 0.2) is 11.6 Å². The van der Waals surface area contributed by atoms with Gasteiger partial charge in [-0.2, -0.15) is 0 Å². The Morgan fingerprint density at radius 1 is 1.42 bits per heavy atom. The standard InChI is InChI=1S/C11H14FNO5S/c1-13(2)19(16,17)9-5-7(6-10(14)15)4-8(12)11(9)18-3/h4-5H,6H2,1-3H3,(H,14,15). The summed E-state index contributed by atoms with van der Waals surface area (Å²) in [7, 11) is -0.206. The summed E-state index contributed by atoms with van der Waals surface area (Å²) in [6.07, 6.45) is -0.475. The van der Waals surface area contributed by atoms with E-state index in [9.17, 15) is 17.6 Å². The minimum Gasteiger partial charge on any atom is -0.492 e. The van der Waals surface area contributed by atoms with Crippen molar-refractivity contribution in [3.63, 3.8) is 0 Å². The van der Waals surface area contributed by atoms with E-state index in [4.69, 9.17) is 9.84 Å². The molecule has 0 saturated carbocycles. The molecule has 0 unspecified atom stereocenters. The highest BCUT2D eigenvalue weighted by atomic mass is 32.2. The fourth-order valence-electron chi connectivity index (χ4n) is 1.48. The normalized spacial score (nSPS) is 11.6. The molecule has 0 fully saturated rings. The number of carboxylic acids is 1. The van der Waals surface area contributed by atoms with Gasteiger partial charge in [-0.15, -0.1) is 0 Å². The summed E-state index contributed by atoms with van der Waals surface area (Å²) in [5, 5.41) is 8.67. The molecule has 6 nitrogen and oxygen atoms in total. The molecule has 1 aromatic carbocycles. The molecular formula is C11H14FNO5S. The van der Waals surface area contributed by atoms with Gasteiger partial charge in [0, 0.05) is 14.1 Å². The third kappa shape index (κ3) is 3.21. The van der Waals surface area contributed by atoms with E-state index in [0.717, 1.165) is 23.5 Å². The van der Waals surface area contributed by atoms with E-state index in [0.29, 0.717) is 0 Å². The minimum atomic E-state index is -3.93. The second kappa shape index (κ2) is 5.54. The third-order valence-electron chi connectivity index (χ3n) is 2.39. The third-order valence-corrected chi connectivity index (χ3v) is 4.21. The second-order valence-corrected chi connectivity index (χ2v) is 6.09. The first kappa shape index (κ1) is 15.4. The van der Waals surface area contributed by atoms with Crippen LogP contribution in [0.3, 0.4) is 0 Å². The molecular weight excluding hydrogens is 277 g/mol. The highest BCUT2D eigenvalue weighted by Crippen LogP contribution is 2.30. The number of aliphatic carboxylic acids is 1. The van der Waals surface area contributed by atoms with Gasteiger partial charge in [-0.3, -0.25) is 4.79 Å². The van der Waals surface area contributed by atoms with Crippen LogP contribution >= 0.6 is 0 Å². The van der Waals surface area contributed by atoms with E-state index in [2.05, 4.69) is 0 Å². The van der Waals surface area contributed by atoms with Crippen molar-refractivity contribution in [2.75, 3.05) is 21.2 Å². The summed E-state index contributed by atoms with van der Waals surface area (Å²) in [4.78, 5) is 10.2. The van der Waals surface area contributed by atoms with Crippen LogP contribution in [0.4, 0.5) is 4.39 Å². The first-order valence-electron chi connectivity index (χ1n) is 5.21. The number of methoxy groups -OCH3 is 1. The molecule has 0 radical (unpaired) electrons. The summed E-state index contributed by atoms with van der Waals surface area (Å²) in [6.45, 7) is 0. The predicted molar refractivity (Wildman–Crippen MR) is 65.2 cm³/mol. The number of carboxylic acid groups (broad SMARTS) is 1. The lowest BCUT2D eigenvalue weighted by atomic mass is 10.1. The van der Waals surface area contributed by atoms with E-state index < -0.39 is 38.9 Å². The average Bonchev–Trinajstić information content (AvgIpc) is 2.27. The molecule has 0 spiro atoms. The fourth-order valence-corrected chi connectivity index (χ4v) is 2.59. The van der Waals surface area contributed by atoms with Gasteiger partial charge in [0.25, 0.3) is 0 Å². The zero-order chi connectivity index (χ0) is 14.8. The molecule has 1 rings (SSSR count). The van der Waals surface area contributed by atoms with Crippen molar-refractivity contribution in [3.05, 3.63) is 23.5 Å². The lowest BCUT2D eigenvalue weighted by Crippen LogP contribution is -2.23. The number of hydrogen-bond acceptors (Lipinski definition) is 4. The van der Waals surface area contributed by atoms with Crippen LogP contribution < -0.4 is 4.74 Å². The van der Waals surface area contributed by atoms with Crippen molar-refractivity contribution in [2.24, 2.45) is 0 Å². The van der Waals surface area contributed by atoms with Gasteiger partial charge < -0.3 is 9.84 Å². The molecule has 0 aliphatic rings. The second-order valence-electron chi connectivity index (χ2n) is 3.97. The molecule has 0 aromatic heterocycles. The maximum atomic E-state index is 13.8. The topological polar surface area (TPSA) is 83.9 Å². The van der Waals surface area contributed by atoms with Gasteiger partial charge in [-0.1, -0.05) is 0 Å². The Hall–Kier alpha value is -1.67. The molecule has 106 valence electrons. The lowest BCUT2D eigenvalue weighted by molar-refractivity contribution is -0.136. The van der Waals surface area contributed by atoms with Gasteiger partial charge >= 0.3 is 5.97 Å². The van der Waals surface area contributed by atoms with Crippen molar-refractivity contribution in [1.82, 2.24) is 4.31 Å². The lowest BCUT2D eigenvalue weighted by Gasteiger charge is -2.16. The van der Waals surface area contributed by atoms with Crippen LogP contribution in [0.2, 0.25) is 0 Å². The van der Waals surface area contributed by atoms with Crippen molar-refractivity contribution in [2.45, 2.75) is 11.3 Å². The van der Waals surface area contributed by atoms with Crippen LogP contribution in [-0.4, -0.2) is 45.0 Å².